The summed E-state index contributed by atoms with van der Waals surface area (Å²) in [6, 6.07) is 8.42. The molecule has 7 nitrogen and oxygen atoms in total. The summed E-state index contributed by atoms with van der Waals surface area (Å²) in [4.78, 5) is 26.0. The largest absolute Gasteiger partial charge is 0.331 e. The number of amides is 2. The van der Waals surface area contributed by atoms with Gasteiger partial charge in [0.05, 0.1) is 0 Å². The van der Waals surface area contributed by atoms with Crippen molar-refractivity contribution in [2.75, 3.05) is 13.6 Å². The van der Waals surface area contributed by atoms with Crippen molar-refractivity contribution < 1.29 is 18.0 Å². The van der Waals surface area contributed by atoms with E-state index in [9.17, 15) is 18.0 Å². The van der Waals surface area contributed by atoms with Gasteiger partial charge < -0.3 is 4.90 Å². The Hall–Kier alpha value is -1.93. The van der Waals surface area contributed by atoms with Crippen molar-refractivity contribution in [1.29, 1.82) is 0 Å². The van der Waals surface area contributed by atoms with Crippen LogP contribution in [-0.2, 0) is 26.3 Å². The highest BCUT2D eigenvalue weighted by atomic mass is 32.2. The van der Waals surface area contributed by atoms with Crippen LogP contribution in [0.15, 0.2) is 30.3 Å². The molecule has 1 aliphatic rings. The van der Waals surface area contributed by atoms with E-state index in [1.807, 2.05) is 37.3 Å². The van der Waals surface area contributed by atoms with Gasteiger partial charge in [0, 0.05) is 26.6 Å². The summed E-state index contributed by atoms with van der Waals surface area (Å²) in [6.45, 7) is 2.55. The molecule has 1 aromatic carbocycles. The Morgan fingerprint density at radius 1 is 1.28 bits per heavy atom. The molecule has 0 bridgehead atoms. The molecule has 2 amide bonds. The molecule has 1 heterocycles. The molecule has 138 valence electrons. The molecule has 25 heavy (non-hydrogen) atoms. The van der Waals surface area contributed by atoms with Gasteiger partial charge in [0.25, 0.3) is 5.91 Å². The number of hydrogen-bond donors (Lipinski definition) is 1. The number of rotatable bonds is 7. The summed E-state index contributed by atoms with van der Waals surface area (Å²) in [6.07, 6.45) is 2.25. The average molecular weight is 367 g/mol. The highest BCUT2D eigenvalue weighted by molar-refractivity contribution is 7.87. The van der Waals surface area contributed by atoms with Crippen molar-refractivity contribution in [3.63, 3.8) is 0 Å². The lowest BCUT2D eigenvalue weighted by molar-refractivity contribution is -0.137. The SMILES string of the molecule is CCCC(=O)N1CCCC1C(=O)NS(=O)(=O)N(C)Cc1ccccc1. The lowest BCUT2D eigenvalue weighted by Crippen LogP contribution is -2.50. The topological polar surface area (TPSA) is 86.8 Å². The van der Waals surface area contributed by atoms with Crippen LogP contribution in [0, 0.1) is 0 Å². The first-order chi connectivity index (χ1) is 11.8. The third-order valence-electron chi connectivity index (χ3n) is 4.23. The molecule has 1 aliphatic heterocycles. The van der Waals surface area contributed by atoms with E-state index in [1.165, 1.54) is 11.9 Å². The molecular weight excluding hydrogens is 342 g/mol. The molecule has 1 atom stereocenters. The third-order valence-corrected chi connectivity index (χ3v) is 5.64. The predicted molar refractivity (Wildman–Crippen MR) is 94.6 cm³/mol. The van der Waals surface area contributed by atoms with Crippen molar-refractivity contribution in [1.82, 2.24) is 13.9 Å². The van der Waals surface area contributed by atoms with E-state index in [4.69, 9.17) is 0 Å². The summed E-state index contributed by atoms with van der Waals surface area (Å²) < 4.78 is 28.0. The quantitative estimate of drug-likeness (QED) is 0.786. The van der Waals surface area contributed by atoms with Gasteiger partial charge in [-0.15, -0.1) is 0 Å². The van der Waals surface area contributed by atoms with E-state index >= 15 is 0 Å². The maximum atomic E-state index is 12.4. The van der Waals surface area contributed by atoms with Gasteiger partial charge in [-0.05, 0) is 24.8 Å². The number of likely N-dealkylation sites (tertiary alicyclic amines) is 1. The molecular formula is C17H25N3O4S. The molecule has 1 N–H and O–H groups in total. The Balaban J connectivity index is 2.01. The zero-order valence-corrected chi connectivity index (χ0v) is 15.5. The smallest absolute Gasteiger partial charge is 0.303 e. The minimum Gasteiger partial charge on any atom is -0.331 e. The summed E-state index contributed by atoms with van der Waals surface area (Å²) >= 11 is 0. The van der Waals surface area contributed by atoms with E-state index in [-0.39, 0.29) is 12.5 Å². The molecule has 0 aromatic heterocycles. The van der Waals surface area contributed by atoms with Crippen molar-refractivity contribution in [2.45, 2.75) is 45.2 Å². The molecule has 2 rings (SSSR count). The van der Waals surface area contributed by atoms with E-state index in [2.05, 4.69) is 4.72 Å². The van der Waals surface area contributed by atoms with Gasteiger partial charge in [-0.2, -0.15) is 12.7 Å². The highest BCUT2D eigenvalue weighted by Crippen LogP contribution is 2.19. The Morgan fingerprint density at radius 2 is 1.96 bits per heavy atom. The number of carbonyl (C=O) groups is 2. The third kappa shape index (κ3) is 5.02. The molecule has 0 saturated carbocycles. The minimum atomic E-state index is -3.96. The van der Waals surface area contributed by atoms with Gasteiger partial charge in [-0.3, -0.25) is 9.59 Å². The van der Waals surface area contributed by atoms with E-state index in [1.54, 1.807) is 0 Å². The fourth-order valence-corrected chi connectivity index (χ4v) is 3.76. The van der Waals surface area contributed by atoms with Crippen molar-refractivity contribution >= 4 is 22.0 Å². The van der Waals surface area contributed by atoms with E-state index in [0.717, 1.165) is 9.87 Å². The van der Waals surface area contributed by atoms with Crippen LogP contribution in [0.1, 0.15) is 38.2 Å². The molecule has 0 spiro atoms. The van der Waals surface area contributed by atoms with Crippen molar-refractivity contribution in [3.05, 3.63) is 35.9 Å². The van der Waals surface area contributed by atoms with Crippen molar-refractivity contribution in [2.24, 2.45) is 0 Å². The molecule has 0 radical (unpaired) electrons. The molecule has 1 saturated heterocycles. The number of carbonyl (C=O) groups excluding carboxylic acids is 2. The van der Waals surface area contributed by atoms with Gasteiger partial charge >= 0.3 is 10.2 Å². The Kier molecular flexibility index (Phi) is 6.55. The molecule has 1 aromatic rings. The fraction of sp³-hybridized carbons (Fsp3) is 0.529. The van der Waals surface area contributed by atoms with Crippen LogP contribution in [0.25, 0.3) is 0 Å². The van der Waals surface area contributed by atoms with Gasteiger partial charge in [0.15, 0.2) is 0 Å². The number of benzene rings is 1. The first kappa shape index (κ1) is 19.4. The molecule has 0 aliphatic carbocycles. The number of nitrogens with zero attached hydrogens (tertiary/aromatic N) is 2. The summed E-state index contributed by atoms with van der Waals surface area (Å²) in [5.41, 5.74) is 0.823. The monoisotopic (exact) mass is 367 g/mol. The summed E-state index contributed by atoms with van der Waals surface area (Å²) in [7, 11) is -2.55. The molecule has 1 unspecified atom stereocenters. The standard InChI is InChI=1S/C17H25N3O4S/c1-3-8-16(21)20-12-7-11-15(20)17(22)18-25(23,24)19(2)13-14-9-5-4-6-10-14/h4-6,9-10,15H,3,7-8,11-13H2,1-2H3,(H,18,22). The van der Waals surface area contributed by atoms with Crippen LogP contribution >= 0.6 is 0 Å². The molecule has 8 heteroatoms. The van der Waals surface area contributed by atoms with Crippen LogP contribution in [-0.4, -0.2) is 49.1 Å². The number of nitrogens with one attached hydrogen (secondary N) is 1. The Morgan fingerprint density at radius 3 is 2.60 bits per heavy atom. The van der Waals surface area contributed by atoms with E-state index in [0.29, 0.717) is 32.2 Å². The second-order valence-electron chi connectivity index (χ2n) is 6.21. The van der Waals surface area contributed by atoms with Gasteiger partial charge in [0.2, 0.25) is 5.91 Å². The van der Waals surface area contributed by atoms with Gasteiger partial charge in [-0.1, -0.05) is 37.3 Å². The maximum Gasteiger partial charge on any atom is 0.303 e. The van der Waals surface area contributed by atoms with Crippen LogP contribution in [0.3, 0.4) is 0 Å². The summed E-state index contributed by atoms with van der Waals surface area (Å²) in [5, 5.41) is 0. The van der Waals surface area contributed by atoms with Gasteiger partial charge in [0.1, 0.15) is 6.04 Å². The zero-order chi connectivity index (χ0) is 18.4. The van der Waals surface area contributed by atoms with Crippen LogP contribution in [0.2, 0.25) is 0 Å². The van der Waals surface area contributed by atoms with Crippen LogP contribution in [0.5, 0.6) is 0 Å². The Labute approximate surface area is 149 Å². The minimum absolute atomic E-state index is 0.102. The van der Waals surface area contributed by atoms with E-state index < -0.39 is 22.2 Å². The highest BCUT2D eigenvalue weighted by Gasteiger charge is 2.35. The summed E-state index contributed by atoms with van der Waals surface area (Å²) in [5.74, 6) is -0.739. The second kappa shape index (κ2) is 8.44. The maximum absolute atomic E-state index is 12.4. The van der Waals surface area contributed by atoms with Crippen LogP contribution in [0.4, 0.5) is 0 Å². The zero-order valence-electron chi connectivity index (χ0n) is 14.6. The molecule has 1 fully saturated rings. The number of hydrogen-bond acceptors (Lipinski definition) is 4. The fourth-order valence-electron chi connectivity index (χ4n) is 2.89. The van der Waals surface area contributed by atoms with Crippen molar-refractivity contribution in [3.8, 4) is 0 Å². The predicted octanol–water partition coefficient (Wildman–Crippen LogP) is 1.27. The lowest BCUT2D eigenvalue weighted by Gasteiger charge is -2.25. The second-order valence-corrected chi connectivity index (χ2v) is 7.99. The van der Waals surface area contributed by atoms with Crippen LogP contribution < -0.4 is 4.72 Å². The Bertz CT molecular complexity index is 706. The van der Waals surface area contributed by atoms with Gasteiger partial charge in [-0.25, -0.2) is 4.72 Å². The first-order valence-corrected chi connectivity index (χ1v) is 9.90. The normalized spacial score (nSPS) is 17.7. The lowest BCUT2D eigenvalue weighted by atomic mass is 10.2. The average Bonchev–Trinajstić information content (AvgIpc) is 3.05. The first-order valence-electron chi connectivity index (χ1n) is 8.46.